The first-order valence-electron chi connectivity index (χ1n) is 14.0. The summed E-state index contributed by atoms with van der Waals surface area (Å²) in [7, 11) is 0. The molecular formula is C33H46. The largest absolute Gasteiger partial charge is 0.0945 e. The van der Waals surface area contributed by atoms with Crippen LogP contribution in [-0.4, -0.2) is 0 Å². The van der Waals surface area contributed by atoms with Crippen LogP contribution < -0.4 is 0 Å². The first-order valence-corrected chi connectivity index (χ1v) is 14.0. The van der Waals surface area contributed by atoms with Crippen LogP contribution in [0.2, 0.25) is 0 Å². The molecule has 1 fully saturated rings. The second kappa shape index (κ2) is 15.0. The fourth-order valence-electron chi connectivity index (χ4n) is 5.16. The van der Waals surface area contributed by atoms with Gasteiger partial charge in [-0.25, -0.2) is 0 Å². The van der Waals surface area contributed by atoms with Gasteiger partial charge in [0.05, 0.1) is 0 Å². The molecule has 0 atom stereocenters. The summed E-state index contributed by atoms with van der Waals surface area (Å²) in [4.78, 5) is 0. The molecule has 0 nitrogen and oxygen atoms in total. The number of aryl methyl sites for hydroxylation is 2. The molecule has 2 aromatic rings. The smallest absolute Gasteiger partial charge is 0.0245 e. The Hall–Kier alpha value is -2.00. The number of benzene rings is 2. The van der Waals surface area contributed by atoms with Crippen molar-refractivity contribution in [2.45, 2.75) is 116 Å². The summed E-state index contributed by atoms with van der Waals surface area (Å²) >= 11 is 0. The van der Waals surface area contributed by atoms with E-state index < -0.39 is 0 Å². The van der Waals surface area contributed by atoms with Crippen LogP contribution in [0.25, 0.3) is 0 Å². The van der Waals surface area contributed by atoms with Crippen molar-refractivity contribution in [2.75, 3.05) is 0 Å². The van der Waals surface area contributed by atoms with Gasteiger partial charge in [-0.2, -0.15) is 0 Å². The monoisotopic (exact) mass is 442 g/mol. The molecule has 1 saturated carbocycles. The van der Waals surface area contributed by atoms with Crippen molar-refractivity contribution >= 4 is 0 Å². The molecular weight excluding hydrogens is 396 g/mol. The minimum Gasteiger partial charge on any atom is -0.0945 e. The van der Waals surface area contributed by atoms with Gasteiger partial charge in [0.25, 0.3) is 0 Å². The highest BCUT2D eigenvalue weighted by Crippen LogP contribution is 2.35. The van der Waals surface area contributed by atoms with Crippen molar-refractivity contribution in [3.63, 3.8) is 0 Å². The second-order valence-electron chi connectivity index (χ2n) is 10.2. The lowest BCUT2D eigenvalue weighted by Gasteiger charge is -2.26. The minimum absolute atomic E-state index is 0.567. The van der Waals surface area contributed by atoms with Gasteiger partial charge in [0, 0.05) is 11.5 Å². The lowest BCUT2D eigenvalue weighted by molar-refractivity contribution is 0.384. The number of hydrogen-bond donors (Lipinski definition) is 0. The maximum Gasteiger partial charge on any atom is 0.0245 e. The van der Waals surface area contributed by atoms with Crippen LogP contribution in [0.1, 0.15) is 125 Å². The molecule has 0 N–H and O–H groups in total. The molecule has 1 aliphatic rings. The predicted molar refractivity (Wildman–Crippen MR) is 145 cm³/mol. The molecule has 1 aliphatic carbocycles. The fourth-order valence-corrected chi connectivity index (χ4v) is 5.16. The lowest BCUT2D eigenvalue weighted by Crippen LogP contribution is -2.12. The quantitative estimate of drug-likeness (QED) is 0.227. The third-order valence-electron chi connectivity index (χ3n) is 7.44. The SMILES string of the molecule is CCCCCCCc1ccc(C#CC2CCC(c3ccc(CCCCCC)cc3)CC2)cc1. The van der Waals surface area contributed by atoms with Gasteiger partial charge < -0.3 is 0 Å². The summed E-state index contributed by atoms with van der Waals surface area (Å²) < 4.78 is 0. The molecule has 2 aromatic carbocycles. The summed E-state index contributed by atoms with van der Waals surface area (Å²) in [6.45, 7) is 4.56. The van der Waals surface area contributed by atoms with Crippen LogP contribution in [-0.2, 0) is 12.8 Å². The van der Waals surface area contributed by atoms with Crippen molar-refractivity contribution < 1.29 is 0 Å². The molecule has 0 unspecified atom stereocenters. The Labute approximate surface area is 204 Å². The van der Waals surface area contributed by atoms with Gasteiger partial charge in [-0.1, -0.05) is 107 Å². The standard InChI is InChI=1S/C33H46/c1-3-5-7-9-11-13-28-14-16-30(17-15-28)18-19-31-22-26-33(27-23-31)32-24-20-29(21-25-32)12-10-8-6-4-2/h14-17,20-21,24-25,31,33H,3-13,22-23,26-27H2,1-2H3. The Morgan fingerprint density at radius 3 is 1.70 bits per heavy atom. The van der Waals surface area contributed by atoms with E-state index in [1.165, 1.54) is 113 Å². The fraction of sp³-hybridized carbons (Fsp3) is 0.576. The average Bonchev–Trinajstić information content (AvgIpc) is 2.87. The Morgan fingerprint density at radius 2 is 1.12 bits per heavy atom. The Morgan fingerprint density at radius 1 is 0.606 bits per heavy atom. The second-order valence-corrected chi connectivity index (χ2v) is 10.2. The predicted octanol–water partition coefficient (Wildman–Crippen LogP) is 9.65. The van der Waals surface area contributed by atoms with Gasteiger partial charge in [0.2, 0.25) is 0 Å². The van der Waals surface area contributed by atoms with Gasteiger partial charge in [-0.3, -0.25) is 0 Å². The van der Waals surface area contributed by atoms with Crippen LogP contribution in [0.15, 0.2) is 48.5 Å². The summed E-state index contributed by atoms with van der Waals surface area (Å²) in [5.41, 5.74) is 5.70. The van der Waals surface area contributed by atoms with Gasteiger partial charge >= 0.3 is 0 Å². The van der Waals surface area contributed by atoms with Crippen molar-refractivity contribution in [2.24, 2.45) is 5.92 Å². The van der Waals surface area contributed by atoms with Crippen LogP contribution in [0, 0.1) is 17.8 Å². The third kappa shape index (κ3) is 9.41. The van der Waals surface area contributed by atoms with E-state index in [0.717, 1.165) is 5.92 Å². The van der Waals surface area contributed by atoms with Gasteiger partial charge in [0.15, 0.2) is 0 Å². The molecule has 0 bridgehead atoms. The third-order valence-corrected chi connectivity index (χ3v) is 7.44. The van der Waals surface area contributed by atoms with Crippen LogP contribution in [0.3, 0.4) is 0 Å². The molecule has 0 heteroatoms. The number of rotatable bonds is 12. The van der Waals surface area contributed by atoms with Crippen molar-refractivity contribution in [1.29, 1.82) is 0 Å². The maximum absolute atomic E-state index is 3.59. The highest BCUT2D eigenvalue weighted by atomic mass is 14.2. The zero-order chi connectivity index (χ0) is 23.1. The summed E-state index contributed by atoms with van der Waals surface area (Å²) in [5, 5.41) is 0. The highest BCUT2D eigenvalue weighted by molar-refractivity contribution is 5.37. The molecule has 0 aromatic heterocycles. The Kier molecular flexibility index (Phi) is 11.7. The van der Waals surface area contributed by atoms with Crippen molar-refractivity contribution in [3.05, 3.63) is 70.8 Å². The highest BCUT2D eigenvalue weighted by Gasteiger charge is 2.21. The molecule has 33 heavy (non-hydrogen) atoms. The summed E-state index contributed by atoms with van der Waals surface area (Å²) in [5.74, 6) is 8.35. The molecule has 0 saturated heterocycles. The summed E-state index contributed by atoms with van der Waals surface area (Å²) in [6, 6.07) is 18.6. The number of hydrogen-bond acceptors (Lipinski definition) is 0. The Balaban J connectivity index is 1.39. The van der Waals surface area contributed by atoms with E-state index in [0.29, 0.717) is 5.92 Å². The Bertz CT molecular complexity index is 822. The first kappa shape index (κ1) is 25.6. The zero-order valence-corrected chi connectivity index (χ0v) is 21.4. The zero-order valence-electron chi connectivity index (χ0n) is 21.4. The molecule has 0 radical (unpaired) electrons. The van der Waals surface area contributed by atoms with Crippen molar-refractivity contribution in [3.8, 4) is 11.8 Å². The van der Waals surface area contributed by atoms with Crippen LogP contribution >= 0.6 is 0 Å². The van der Waals surface area contributed by atoms with E-state index in [4.69, 9.17) is 0 Å². The molecule has 0 spiro atoms. The number of unbranched alkanes of at least 4 members (excludes halogenated alkanes) is 7. The molecule has 0 aliphatic heterocycles. The first-order chi connectivity index (χ1) is 16.3. The minimum atomic E-state index is 0.567. The average molecular weight is 443 g/mol. The van der Waals surface area contributed by atoms with E-state index >= 15 is 0 Å². The lowest BCUT2D eigenvalue weighted by atomic mass is 9.78. The van der Waals surface area contributed by atoms with E-state index in [2.05, 4.69) is 74.2 Å². The topological polar surface area (TPSA) is 0 Å². The van der Waals surface area contributed by atoms with Crippen LogP contribution in [0.5, 0.6) is 0 Å². The van der Waals surface area contributed by atoms with E-state index in [-0.39, 0.29) is 0 Å². The van der Waals surface area contributed by atoms with Gasteiger partial charge in [-0.15, -0.1) is 0 Å². The molecule has 0 amide bonds. The van der Waals surface area contributed by atoms with E-state index in [1.807, 2.05) is 0 Å². The van der Waals surface area contributed by atoms with Crippen molar-refractivity contribution in [1.82, 2.24) is 0 Å². The molecule has 178 valence electrons. The molecule has 0 heterocycles. The maximum atomic E-state index is 3.59. The van der Waals surface area contributed by atoms with Gasteiger partial charge in [-0.05, 0) is 86.1 Å². The van der Waals surface area contributed by atoms with Crippen LogP contribution in [0.4, 0.5) is 0 Å². The van der Waals surface area contributed by atoms with Gasteiger partial charge in [0.1, 0.15) is 0 Å². The molecule has 3 rings (SSSR count). The van der Waals surface area contributed by atoms with E-state index in [9.17, 15) is 0 Å². The van der Waals surface area contributed by atoms with E-state index in [1.54, 1.807) is 5.56 Å². The normalized spacial score (nSPS) is 18.0. The summed E-state index contributed by atoms with van der Waals surface area (Å²) in [6.07, 6.45) is 19.6.